The van der Waals surface area contributed by atoms with Crippen LogP contribution in [0.25, 0.3) is 0 Å². The Kier molecular flexibility index (Phi) is 4.19. The Morgan fingerprint density at radius 1 is 0.895 bits per heavy atom. The quantitative estimate of drug-likeness (QED) is 0.854. The molecule has 2 aromatic carbocycles. The van der Waals surface area contributed by atoms with Crippen LogP contribution in [0.5, 0.6) is 0 Å². The van der Waals surface area contributed by atoms with Gasteiger partial charge in [-0.05, 0) is 24.1 Å². The van der Waals surface area contributed by atoms with Gasteiger partial charge in [0.2, 0.25) is 0 Å². The molecular weight excluding hydrogens is 262 g/mol. The normalized spacial score (nSPS) is 11.2. The molecule has 0 aliphatic heterocycles. The summed E-state index contributed by atoms with van der Waals surface area (Å²) in [7, 11) is -4.25. The van der Waals surface area contributed by atoms with Gasteiger partial charge in [0.05, 0.1) is 5.69 Å². The highest BCUT2D eigenvalue weighted by molar-refractivity contribution is 7.87. The van der Waals surface area contributed by atoms with Gasteiger partial charge in [0.25, 0.3) is 0 Å². The fraction of sp³-hybridized carbons (Fsp3) is 0.143. The molecule has 0 spiro atoms. The SMILES string of the molecule is O=S(=O)(O)N(CCc1ccccc1)c1ccccc1. The molecule has 0 bridgehead atoms. The summed E-state index contributed by atoms with van der Waals surface area (Å²) in [6, 6.07) is 18.1. The van der Waals surface area contributed by atoms with Crippen LogP contribution in [0.3, 0.4) is 0 Å². The minimum Gasteiger partial charge on any atom is -0.269 e. The predicted octanol–water partition coefficient (Wildman–Crippen LogP) is 2.54. The number of anilines is 1. The van der Waals surface area contributed by atoms with E-state index in [1.165, 1.54) is 0 Å². The van der Waals surface area contributed by atoms with Gasteiger partial charge in [-0.25, -0.2) is 4.31 Å². The zero-order chi connectivity index (χ0) is 13.7. The van der Waals surface area contributed by atoms with Crippen LogP contribution in [0.15, 0.2) is 60.7 Å². The summed E-state index contributed by atoms with van der Waals surface area (Å²) < 4.78 is 33.2. The van der Waals surface area contributed by atoms with Gasteiger partial charge in [0, 0.05) is 6.54 Å². The van der Waals surface area contributed by atoms with Crippen LogP contribution in [-0.2, 0) is 16.7 Å². The standard InChI is InChI=1S/C14H15NO3S/c16-19(17,18)15(14-9-5-2-6-10-14)12-11-13-7-3-1-4-8-13/h1-10H,11-12H2,(H,16,17,18). The Morgan fingerprint density at radius 3 is 1.95 bits per heavy atom. The fourth-order valence-electron chi connectivity index (χ4n) is 1.85. The van der Waals surface area contributed by atoms with E-state index < -0.39 is 10.3 Å². The summed E-state index contributed by atoms with van der Waals surface area (Å²) >= 11 is 0. The maximum atomic E-state index is 11.4. The van der Waals surface area contributed by atoms with E-state index in [-0.39, 0.29) is 6.54 Å². The number of para-hydroxylation sites is 1. The van der Waals surface area contributed by atoms with Crippen molar-refractivity contribution in [2.75, 3.05) is 10.8 Å². The topological polar surface area (TPSA) is 57.6 Å². The Balaban J connectivity index is 2.17. The van der Waals surface area contributed by atoms with Gasteiger partial charge in [-0.1, -0.05) is 48.5 Å². The van der Waals surface area contributed by atoms with Crippen molar-refractivity contribution >= 4 is 16.0 Å². The number of hydrogen-bond donors (Lipinski definition) is 1. The first-order valence-electron chi connectivity index (χ1n) is 5.91. The molecule has 100 valence electrons. The molecule has 0 aliphatic rings. The Morgan fingerprint density at radius 2 is 1.42 bits per heavy atom. The van der Waals surface area contributed by atoms with Crippen LogP contribution >= 0.6 is 0 Å². The highest BCUT2D eigenvalue weighted by atomic mass is 32.2. The predicted molar refractivity (Wildman–Crippen MR) is 75.5 cm³/mol. The van der Waals surface area contributed by atoms with E-state index >= 15 is 0 Å². The lowest BCUT2D eigenvalue weighted by atomic mass is 10.1. The van der Waals surface area contributed by atoms with Crippen LogP contribution in [0, 0.1) is 0 Å². The van der Waals surface area contributed by atoms with Crippen molar-refractivity contribution in [3.05, 3.63) is 66.2 Å². The largest absolute Gasteiger partial charge is 0.359 e. The van der Waals surface area contributed by atoms with Crippen molar-refractivity contribution in [2.24, 2.45) is 0 Å². The lowest BCUT2D eigenvalue weighted by Crippen LogP contribution is -2.32. The maximum Gasteiger partial charge on any atom is 0.359 e. The average Bonchev–Trinajstić information content (AvgIpc) is 2.40. The van der Waals surface area contributed by atoms with Crippen LogP contribution in [0.4, 0.5) is 5.69 Å². The van der Waals surface area contributed by atoms with Gasteiger partial charge in [0.15, 0.2) is 0 Å². The summed E-state index contributed by atoms with van der Waals surface area (Å²) in [5, 5.41) is 0. The van der Waals surface area contributed by atoms with Crippen molar-refractivity contribution in [2.45, 2.75) is 6.42 Å². The van der Waals surface area contributed by atoms with Gasteiger partial charge in [-0.15, -0.1) is 0 Å². The van der Waals surface area contributed by atoms with Crippen molar-refractivity contribution in [1.29, 1.82) is 0 Å². The minimum atomic E-state index is -4.25. The van der Waals surface area contributed by atoms with E-state index in [0.717, 1.165) is 9.87 Å². The Bertz CT molecular complexity index is 612. The van der Waals surface area contributed by atoms with Gasteiger partial charge >= 0.3 is 10.3 Å². The van der Waals surface area contributed by atoms with Crippen molar-refractivity contribution in [3.8, 4) is 0 Å². The third kappa shape index (κ3) is 3.81. The zero-order valence-corrected chi connectivity index (χ0v) is 11.1. The molecule has 0 saturated heterocycles. The van der Waals surface area contributed by atoms with Crippen molar-refractivity contribution in [3.63, 3.8) is 0 Å². The fourth-order valence-corrected chi connectivity index (χ4v) is 2.56. The van der Waals surface area contributed by atoms with Crippen LogP contribution in [-0.4, -0.2) is 19.5 Å². The smallest absolute Gasteiger partial charge is 0.269 e. The van der Waals surface area contributed by atoms with E-state index in [4.69, 9.17) is 0 Å². The lowest BCUT2D eigenvalue weighted by molar-refractivity contribution is 0.478. The second-order valence-electron chi connectivity index (χ2n) is 4.12. The average molecular weight is 277 g/mol. The van der Waals surface area contributed by atoms with Crippen molar-refractivity contribution in [1.82, 2.24) is 0 Å². The summed E-state index contributed by atoms with van der Waals surface area (Å²) in [6.07, 6.45) is 0.537. The lowest BCUT2D eigenvalue weighted by Gasteiger charge is -2.20. The number of benzene rings is 2. The number of hydrogen-bond acceptors (Lipinski definition) is 2. The number of nitrogens with zero attached hydrogens (tertiary/aromatic N) is 1. The molecule has 0 amide bonds. The molecular formula is C14H15NO3S. The molecule has 0 heterocycles. The van der Waals surface area contributed by atoms with Crippen LogP contribution < -0.4 is 4.31 Å². The maximum absolute atomic E-state index is 11.4. The second-order valence-corrected chi connectivity index (χ2v) is 5.46. The van der Waals surface area contributed by atoms with Crippen LogP contribution in [0.2, 0.25) is 0 Å². The molecule has 0 radical (unpaired) electrons. The molecule has 1 N–H and O–H groups in total. The summed E-state index contributed by atoms with van der Waals surface area (Å²) in [5.41, 5.74) is 1.48. The molecule has 2 rings (SSSR count). The third-order valence-electron chi connectivity index (χ3n) is 2.77. The highest BCUT2D eigenvalue weighted by Crippen LogP contribution is 2.17. The molecule has 0 saturated carbocycles. The van der Waals surface area contributed by atoms with Gasteiger partial charge < -0.3 is 0 Å². The third-order valence-corrected chi connectivity index (χ3v) is 3.72. The molecule has 0 unspecified atom stereocenters. The second kappa shape index (κ2) is 5.86. The molecule has 4 nitrogen and oxygen atoms in total. The summed E-state index contributed by atoms with van der Waals surface area (Å²) in [4.78, 5) is 0. The van der Waals surface area contributed by atoms with E-state index in [1.54, 1.807) is 30.3 Å². The van der Waals surface area contributed by atoms with Crippen molar-refractivity contribution < 1.29 is 13.0 Å². The molecule has 0 atom stereocenters. The van der Waals surface area contributed by atoms with E-state index in [2.05, 4.69) is 0 Å². The van der Waals surface area contributed by atoms with Gasteiger partial charge in [-0.2, -0.15) is 8.42 Å². The zero-order valence-electron chi connectivity index (χ0n) is 10.3. The first-order valence-corrected chi connectivity index (χ1v) is 7.31. The van der Waals surface area contributed by atoms with Gasteiger partial charge in [-0.3, -0.25) is 4.55 Å². The molecule has 19 heavy (non-hydrogen) atoms. The molecule has 0 aliphatic carbocycles. The minimum absolute atomic E-state index is 0.201. The van der Waals surface area contributed by atoms with E-state index in [9.17, 15) is 13.0 Å². The molecule has 0 aromatic heterocycles. The Hall–Kier alpha value is -1.85. The first-order chi connectivity index (χ1) is 9.07. The Labute approximate surface area is 113 Å². The highest BCUT2D eigenvalue weighted by Gasteiger charge is 2.18. The van der Waals surface area contributed by atoms with Gasteiger partial charge in [0.1, 0.15) is 0 Å². The molecule has 5 heteroatoms. The summed E-state index contributed by atoms with van der Waals surface area (Å²) in [6.45, 7) is 0.201. The molecule has 2 aromatic rings. The number of rotatable bonds is 5. The van der Waals surface area contributed by atoms with E-state index in [0.29, 0.717) is 12.1 Å². The first kappa shape index (κ1) is 13.6. The van der Waals surface area contributed by atoms with E-state index in [1.807, 2.05) is 30.3 Å². The summed E-state index contributed by atoms with van der Waals surface area (Å²) in [5.74, 6) is 0. The monoisotopic (exact) mass is 277 g/mol. The molecule has 0 fully saturated rings. The van der Waals surface area contributed by atoms with Crippen LogP contribution in [0.1, 0.15) is 5.56 Å².